The second-order valence-corrected chi connectivity index (χ2v) is 10.7. The lowest BCUT2D eigenvalue weighted by molar-refractivity contribution is -0.179. The van der Waals surface area contributed by atoms with Crippen molar-refractivity contribution in [3.05, 3.63) is 59.9 Å². The number of carbonyl (C=O) groups excluding carboxylic acids is 2. The van der Waals surface area contributed by atoms with Gasteiger partial charge in [-0.2, -0.15) is 0 Å². The number of aromatic nitrogens is 1. The Bertz CT molecular complexity index is 1190. The maximum Gasteiger partial charge on any atom is 0.322 e. The van der Waals surface area contributed by atoms with Gasteiger partial charge in [-0.25, -0.2) is 8.78 Å². The third kappa shape index (κ3) is 4.02. The molecule has 36 heavy (non-hydrogen) atoms. The number of benzene rings is 1. The summed E-state index contributed by atoms with van der Waals surface area (Å²) in [4.78, 5) is 30.9. The first-order valence-corrected chi connectivity index (χ1v) is 12.7. The molecule has 0 radical (unpaired) electrons. The van der Waals surface area contributed by atoms with Crippen LogP contribution in [0.3, 0.4) is 0 Å². The van der Waals surface area contributed by atoms with E-state index < -0.39 is 53.5 Å². The summed E-state index contributed by atoms with van der Waals surface area (Å²) >= 11 is 0. The number of rotatable bonds is 5. The molecule has 5 rings (SSSR count). The molecule has 190 valence electrons. The van der Waals surface area contributed by atoms with Gasteiger partial charge in [0.05, 0.1) is 5.69 Å². The standard InChI is InChI=1S/C29H32F2N2O3/c1-17-7-4-5-10-23(17)20-11-12-21(32-15-20)13-14-24-18(2)29(30,31)16-28(25(24)19(3)36-27(28)35)26(34)33-22-8-6-9-22/h4-5,7,10-15,18-19,22,24-25H,6,8-9,16H2,1-3H3,(H,33,34)/b14-13+/t18-,19+,24-,25-,28+/m0/s1. The molecule has 3 fully saturated rings. The summed E-state index contributed by atoms with van der Waals surface area (Å²) in [7, 11) is 0. The molecular weight excluding hydrogens is 462 g/mol. The zero-order valence-corrected chi connectivity index (χ0v) is 20.8. The Morgan fingerprint density at radius 2 is 1.92 bits per heavy atom. The summed E-state index contributed by atoms with van der Waals surface area (Å²) in [5.74, 6) is -7.12. The molecule has 1 aromatic heterocycles. The number of allylic oxidation sites excluding steroid dienone is 1. The fourth-order valence-corrected chi connectivity index (χ4v) is 6.09. The van der Waals surface area contributed by atoms with Gasteiger partial charge >= 0.3 is 5.97 Å². The number of halogens is 2. The lowest BCUT2D eigenvalue weighted by Crippen LogP contribution is -2.61. The van der Waals surface area contributed by atoms with E-state index in [4.69, 9.17) is 4.74 Å². The quantitative estimate of drug-likeness (QED) is 0.435. The SMILES string of the molecule is Cc1ccccc1-c1ccc(/C=C/[C@@H]2[C@@H]3[C@@H](C)OC(=O)[C@]3(C(=O)NC3CCC3)CC(F)(F)[C@H]2C)nc1. The maximum absolute atomic E-state index is 15.4. The van der Waals surface area contributed by atoms with Crippen molar-refractivity contribution in [1.82, 2.24) is 10.3 Å². The minimum absolute atomic E-state index is 0.0610. The number of ether oxygens (including phenoxy) is 1. The van der Waals surface area contributed by atoms with E-state index in [0.29, 0.717) is 5.69 Å². The third-order valence-electron chi connectivity index (χ3n) is 8.48. The number of carbonyl (C=O) groups is 2. The highest BCUT2D eigenvalue weighted by atomic mass is 19.3. The van der Waals surface area contributed by atoms with Crippen LogP contribution in [-0.4, -0.2) is 34.9 Å². The van der Waals surface area contributed by atoms with Gasteiger partial charge < -0.3 is 10.1 Å². The number of esters is 1. The molecule has 5 nitrogen and oxygen atoms in total. The third-order valence-corrected chi connectivity index (χ3v) is 8.48. The Labute approximate surface area is 210 Å². The van der Waals surface area contributed by atoms with Gasteiger partial charge in [-0.3, -0.25) is 14.6 Å². The number of nitrogens with one attached hydrogen (secondary N) is 1. The molecular formula is C29H32F2N2O3. The molecule has 2 aliphatic carbocycles. The molecule has 5 atom stereocenters. The molecule has 7 heteroatoms. The number of fused-ring (bicyclic) bond motifs is 1. The molecule has 0 bridgehead atoms. The smallest absolute Gasteiger partial charge is 0.322 e. The lowest BCUT2D eigenvalue weighted by Gasteiger charge is -2.47. The van der Waals surface area contributed by atoms with E-state index in [1.807, 2.05) is 43.3 Å². The van der Waals surface area contributed by atoms with Crippen molar-refractivity contribution in [3.63, 3.8) is 0 Å². The summed E-state index contributed by atoms with van der Waals surface area (Å²) in [6.07, 6.45) is 6.31. The van der Waals surface area contributed by atoms with Gasteiger partial charge in [0.25, 0.3) is 5.92 Å². The van der Waals surface area contributed by atoms with Crippen molar-refractivity contribution in [1.29, 1.82) is 0 Å². The summed E-state index contributed by atoms with van der Waals surface area (Å²) < 4.78 is 36.3. The topological polar surface area (TPSA) is 68.3 Å². The van der Waals surface area contributed by atoms with Crippen molar-refractivity contribution >= 4 is 18.0 Å². The van der Waals surface area contributed by atoms with Gasteiger partial charge in [-0.05, 0) is 62.3 Å². The Morgan fingerprint density at radius 3 is 2.56 bits per heavy atom. The predicted octanol–water partition coefficient (Wildman–Crippen LogP) is 5.58. The Balaban J connectivity index is 1.46. The minimum atomic E-state index is -3.20. The van der Waals surface area contributed by atoms with Crippen LogP contribution in [0.2, 0.25) is 0 Å². The van der Waals surface area contributed by atoms with Crippen LogP contribution in [0, 0.1) is 30.1 Å². The second kappa shape index (κ2) is 9.09. The van der Waals surface area contributed by atoms with Crippen molar-refractivity contribution < 1.29 is 23.1 Å². The van der Waals surface area contributed by atoms with Crippen LogP contribution in [0.1, 0.15) is 50.8 Å². The van der Waals surface area contributed by atoms with E-state index in [-0.39, 0.29) is 6.04 Å². The van der Waals surface area contributed by atoms with E-state index in [1.165, 1.54) is 6.92 Å². The first-order valence-electron chi connectivity index (χ1n) is 12.7. The fraction of sp³-hybridized carbons (Fsp3) is 0.483. The van der Waals surface area contributed by atoms with Crippen molar-refractivity contribution in [3.8, 4) is 11.1 Å². The van der Waals surface area contributed by atoms with Gasteiger partial charge in [0.2, 0.25) is 5.91 Å². The van der Waals surface area contributed by atoms with E-state index in [2.05, 4.69) is 10.3 Å². The number of alkyl halides is 2. The van der Waals surface area contributed by atoms with E-state index in [1.54, 1.807) is 25.3 Å². The summed E-state index contributed by atoms with van der Waals surface area (Å²) in [5, 5.41) is 2.86. The number of hydrogen-bond donors (Lipinski definition) is 1. The minimum Gasteiger partial charge on any atom is -0.461 e. The normalized spacial score (nSPS) is 31.5. The second-order valence-electron chi connectivity index (χ2n) is 10.7. The van der Waals surface area contributed by atoms with Crippen LogP contribution in [0.4, 0.5) is 8.78 Å². The van der Waals surface area contributed by atoms with Crippen LogP contribution < -0.4 is 5.32 Å². The van der Waals surface area contributed by atoms with Crippen molar-refractivity contribution in [2.45, 2.75) is 64.5 Å². The van der Waals surface area contributed by atoms with E-state index >= 15 is 8.78 Å². The van der Waals surface area contributed by atoms with E-state index in [9.17, 15) is 9.59 Å². The highest BCUT2D eigenvalue weighted by Gasteiger charge is 2.71. The van der Waals surface area contributed by atoms with E-state index in [0.717, 1.165) is 36.0 Å². The number of nitrogens with zero attached hydrogens (tertiary/aromatic N) is 1. The molecule has 1 aliphatic heterocycles. The molecule has 1 aromatic carbocycles. The average molecular weight is 495 g/mol. The van der Waals surface area contributed by atoms with Crippen LogP contribution in [0.25, 0.3) is 17.2 Å². The van der Waals surface area contributed by atoms with Gasteiger partial charge in [0, 0.05) is 36.1 Å². The molecule has 0 unspecified atom stereocenters. The number of cyclic esters (lactones) is 1. The summed E-state index contributed by atoms with van der Waals surface area (Å²) in [5.41, 5.74) is 1.92. The highest BCUT2D eigenvalue weighted by molar-refractivity contribution is 6.05. The molecule has 2 saturated carbocycles. The number of amides is 1. The molecule has 3 aliphatic rings. The molecule has 1 N–H and O–H groups in total. The zero-order valence-electron chi connectivity index (χ0n) is 20.8. The predicted molar refractivity (Wildman–Crippen MR) is 133 cm³/mol. The fourth-order valence-electron chi connectivity index (χ4n) is 6.09. The number of pyridine rings is 1. The van der Waals surface area contributed by atoms with Gasteiger partial charge in [-0.15, -0.1) is 0 Å². The molecule has 1 saturated heterocycles. The first-order chi connectivity index (χ1) is 17.1. The van der Waals surface area contributed by atoms with Gasteiger partial charge in [0.15, 0.2) is 5.41 Å². The summed E-state index contributed by atoms with van der Waals surface area (Å²) in [6.45, 7) is 5.23. The Morgan fingerprint density at radius 1 is 1.17 bits per heavy atom. The molecule has 2 heterocycles. The van der Waals surface area contributed by atoms with Crippen LogP contribution in [0.5, 0.6) is 0 Å². The van der Waals surface area contributed by atoms with Crippen LogP contribution in [0.15, 0.2) is 48.7 Å². The largest absolute Gasteiger partial charge is 0.461 e. The number of aryl methyl sites for hydroxylation is 1. The van der Waals surface area contributed by atoms with Crippen LogP contribution in [-0.2, 0) is 14.3 Å². The lowest BCUT2D eigenvalue weighted by atomic mass is 9.56. The Kier molecular flexibility index (Phi) is 6.21. The van der Waals surface area contributed by atoms with Crippen LogP contribution >= 0.6 is 0 Å². The monoisotopic (exact) mass is 494 g/mol. The zero-order chi connectivity index (χ0) is 25.7. The average Bonchev–Trinajstić information content (AvgIpc) is 3.06. The van der Waals surface area contributed by atoms with Gasteiger partial charge in [0.1, 0.15) is 6.10 Å². The maximum atomic E-state index is 15.4. The Hall–Kier alpha value is -3.09. The molecule has 0 spiro atoms. The summed E-state index contributed by atoms with van der Waals surface area (Å²) in [6, 6.07) is 11.8. The van der Waals surface area contributed by atoms with Crippen molar-refractivity contribution in [2.24, 2.45) is 23.2 Å². The van der Waals surface area contributed by atoms with Gasteiger partial charge in [-0.1, -0.05) is 43.3 Å². The first kappa shape index (κ1) is 24.6. The number of hydrogen-bond acceptors (Lipinski definition) is 4. The molecule has 2 aromatic rings. The molecule has 1 amide bonds. The highest BCUT2D eigenvalue weighted by Crippen LogP contribution is 2.59. The van der Waals surface area contributed by atoms with Crippen molar-refractivity contribution in [2.75, 3.05) is 0 Å².